The number of allylic oxidation sites excluding steroid dienone is 2. The van der Waals surface area contributed by atoms with Crippen LogP contribution in [0.15, 0.2) is 71.4 Å². The van der Waals surface area contributed by atoms with E-state index in [0.29, 0.717) is 36.0 Å². The molecule has 4 heterocycles. The number of anilines is 1. The second kappa shape index (κ2) is 7.91. The topological polar surface area (TPSA) is 99.1 Å². The van der Waals surface area contributed by atoms with Crippen molar-refractivity contribution in [2.45, 2.75) is 12.5 Å². The van der Waals surface area contributed by atoms with Crippen LogP contribution in [0.25, 0.3) is 11.3 Å². The van der Waals surface area contributed by atoms with E-state index in [1.165, 1.54) is 12.3 Å². The van der Waals surface area contributed by atoms with E-state index in [1.807, 2.05) is 18.2 Å². The van der Waals surface area contributed by atoms with E-state index >= 15 is 0 Å². The molecule has 0 fully saturated rings. The molecule has 8 heteroatoms. The molecule has 1 aliphatic rings. The number of nitrogens with one attached hydrogen (secondary N) is 1. The molecule has 0 radical (unpaired) electrons. The highest BCUT2D eigenvalue weighted by Crippen LogP contribution is 2.25. The average Bonchev–Trinajstić information content (AvgIpc) is 3.17. The Labute approximate surface area is 160 Å². The van der Waals surface area contributed by atoms with E-state index in [4.69, 9.17) is 15.0 Å². The highest BCUT2D eigenvalue weighted by atomic mass is 19.1. The molecule has 142 valence electrons. The highest BCUT2D eigenvalue weighted by Gasteiger charge is 2.12. The van der Waals surface area contributed by atoms with E-state index < -0.39 is 0 Å². The maximum absolute atomic E-state index is 12.9. The largest absolute Gasteiger partial charge is 0.475 e. The molecular weight excluding hydrogens is 361 g/mol. The third kappa shape index (κ3) is 4.17. The first kappa shape index (κ1) is 17.7. The first-order valence-corrected chi connectivity index (χ1v) is 8.71. The summed E-state index contributed by atoms with van der Waals surface area (Å²) >= 11 is 0. The molecule has 0 aliphatic carbocycles. The zero-order chi connectivity index (χ0) is 19.3. The molecule has 0 amide bonds. The number of dihydropyridines is 1. The maximum Gasteiger partial charge on any atom is 0.213 e. The lowest BCUT2D eigenvalue weighted by Crippen LogP contribution is -2.30. The molecule has 4 rings (SSSR count). The summed E-state index contributed by atoms with van der Waals surface area (Å²) in [6, 6.07) is 9.08. The number of nitrogen functional groups attached to an aromatic ring is 1. The summed E-state index contributed by atoms with van der Waals surface area (Å²) < 4.78 is 23.9. The van der Waals surface area contributed by atoms with Gasteiger partial charge in [0.2, 0.25) is 5.88 Å². The minimum atomic E-state index is -0.305. The number of rotatable bonds is 6. The summed E-state index contributed by atoms with van der Waals surface area (Å²) in [5.74, 6) is 1.17. The van der Waals surface area contributed by atoms with E-state index in [2.05, 4.69) is 20.4 Å². The Morgan fingerprint density at radius 2 is 2.18 bits per heavy atom. The van der Waals surface area contributed by atoms with Gasteiger partial charge < -0.3 is 20.3 Å². The van der Waals surface area contributed by atoms with Crippen molar-refractivity contribution in [1.82, 2.24) is 20.4 Å². The number of aromatic nitrogens is 3. The van der Waals surface area contributed by atoms with Gasteiger partial charge in [-0.3, -0.25) is 0 Å². The van der Waals surface area contributed by atoms with Crippen LogP contribution in [-0.2, 0) is 6.42 Å². The molecule has 1 aliphatic heterocycles. The van der Waals surface area contributed by atoms with Crippen molar-refractivity contribution >= 4 is 5.82 Å². The third-order valence-corrected chi connectivity index (χ3v) is 4.18. The van der Waals surface area contributed by atoms with Crippen molar-refractivity contribution in [1.29, 1.82) is 0 Å². The number of ether oxygens (including phenoxy) is 1. The van der Waals surface area contributed by atoms with Crippen LogP contribution < -0.4 is 15.8 Å². The zero-order valence-corrected chi connectivity index (χ0v) is 14.9. The molecule has 28 heavy (non-hydrogen) atoms. The van der Waals surface area contributed by atoms with Crippen molar-refractivity contribution < 1.29 is 13.7 Å². The summed E-state index contributed by atoms with van der Waals surface area (Å²) in [5, 5.41) is 6.98. The Bertz CT molecular complexity index is 1010. The molecule has 1 unspecified atom stereocenters. The number of pyridine rings is 2. The average molecular weight is 379 g/mol. The van der Waals surface area contributed by atoms with Gasteiger partial charge in [-0.2, -0.15) is 0 Å². The number of hydrogen-bond donors (Lipinski definition) is 2. The Kier molecular flexibility index (Phi) is 5.01. The standard InChI is InChI=1S/C20H18FN5O2/c21-14-4-5-15(24-11-14)12-27-19-6-3-13(10-25-19)8-16-9-18(28-26-16)17-2-1-7-23-20(17)22/h1-7,9-11,15,24H,8,12H2,(H2,22,23). The van der Waals surface area contributed by atoms with Gasteiger partial charge in [-0.15, -0.1) is 0 Å². The summed E-state index contributed by atoms with van der Waals surface area (Å²) in [5.41, 5.74) is 8.31. The van der Waals surface area contributed by atoms with Crippen LogP contribution in [0.5, 0.6) is 5.88 Å². The Morgan fingerprint density at radius 3 is 2.93 bits per heavy atom. The number of nitrogens with two attached hydrogens (primary N) is 1. The van der Waals surface area contributed by atoms with Crippen molar-refractivity contribution in [3.63, 3.8) is 0 Å². The van der Waals surface area contributed by atoms with Gasteiger partial charge in [0.05, 0.1) is 17.3 Å². The molecule has 3 aromatic heterocycles. The highest BCUT2D eigenvalue weighted by molar-refractivity contribution is 5.69. The van der Waals surface area contributed by atoms with Crippen molar-refractivity contribution in [2.24, 2.45) is 0 Å². The van der Waals surface area contributed by atoms with Gasteiger partial charge in [0, 0.05) is 37.1 Å². The van der Waals surface area contributed by atoms with Crippen LogP contribution in [-0.4, -0.2) is 27.8 Å². The fourth-order valence-corrected chi connectivity index (χ4v) is 2.74. The number of nitrogens with zero attached hydrogens (tertiary/aromatic N) is 3. The van der Waals surface area contributed by atoms with Gasteiger partial charge in [0.25, 0.3) is 0 Å². The lowest BCUT2D eigenvalue weighted by molar-refractivity contribution is 0.282. The van der Waals surface area contributed by atoms with Gasteiger partial charge in [-0.05, 0) is 23.8 Å². The van der Waals surface area contributed by atoms with Crippen LogP contribution in [0, 0.1) is 0 Å². The van der Waals surface area contributed by atoms with E-state index in [0.717, 1.165) is 11.3 Å². The van der Waals surface area contributed by atoms with Gasteiger partial charge in [-0.25, -0.2) is 14.4 Å². The molecule has 0 saturated carbocycles. The first-order chi connectivity index (χ1) is 13.7. The van der Waals surface area contributed by atoms with Crippen LogP contribution in [0.4, 0.5) is 10.2 Å². The Hall–Kier alpha value is -3.68. The van der Waals surface area contributed by atoms with Crippen molar-refractivity contribution in [3.8, 4) is 17.2 Å². The maximum atomic E-state index is 12.9. The van der Waals surface area contributed by atoms with Gasteiger partial charge in [0.15, 0.2) is 5.76 Å². The lowest BCUT2D eigenvalue weighted by Gasteiger charge is -2.16. The van der Waals surface area contributed by atoms with Crippen LogP contribution in [0.2, 0.25) is 0 Å². The molecule has 0 aromatic carbocycles. The summed E-state index contributed by atoms with van der Waals surface area (Å²) in [6.45, 7) is 0.353. The van der Waals surface area contributed by atoms with Gasteiger partial charge >= 0.3 is 0 Å². The summed E-state index contributed by atoms with van der Waals surface area (Å²) in [6.07, 6.45) is 8.35. The lowest BCUT2D eigenvalue weighted by atomic mass is 10.1. The first-order valence-electron chi connectivity index (χ1n) is 8.71. The molecule has 3 aromatic rings. The minimum Gasteiger partial charge on any atom is -0.475 e. The zero-order valence-electron chi connectivity index (χ0n) is 14.9. The predicted molar refractivity (Wildman–Crippen MR) is 102 cm³/mol. The molecular formula is C20H18FN5O2. The van der Waals surface area contributed by atoms with Crippen LogP contribution in [0.1, 0.15) is 11.3 Å². The molecule has 0 spiro atoms. The smallest absolute Gasteiger partial charge is 0.213 e. The summed E-state index contributed by atoms with van der Waals surface area (Å²) in [7, 11) is 0. The molecule has 0 bridgehead atoms. The van der Waals surface area contributed by atoms with Crippen molar-refractivity contribution in [2.75, 3.05) is 12.3 Å². The fourth-order valence-electron chi connectivity index (χ4n) is 2.74. The number of halogens is 1. The van der Waals surface area contributed by atoms with Crippen molar-refractivity contribution in [3.05, 3.63) is 78.2 Å². The van der Waals surface area contributed by atoms with Crippen LogP contribution >= 0.6 is 0 Å². The Morgan fingerprint density at radius 1 is 1.25 bits per heavy atom. The normalized spacial score (nSPS) is 15.8. The third-order valence-electron chi connectivity index (χ3n) is 4.18. The van der Waals surface area contributed by atoms with E-state index in [1.54, 1.807) is 30.6 Å². The second-order valence-electron chi connectivity index (χ2n) is 6.27. The molecule has 7 nitrogen and oxygen atoms in total. The quantitative estimate of drug-likeness (QED) is 0.679. The molecule has 1 atom stereocenters. The van der Waals surface area contributed by atoms with Gasteiger partial charge in [0.1, 0.15) is 18.3 Å². The molecule has 3 N–H and O–H groups in total. The van der Waals surface area contributed by atoms with Crippen LogP contribution in [0.3, 0.4) is 0 Å². The number of hydrogen-bond acceptors (Lipinski definition) is 7. The SMILES string of the molecule is Nc1ncccc1-c1cc(Cc2ccc(OCC3C=CC(F)=CN3)nc2)no1. The monoisotopic (exact) mass is 379 g/mol. The molecule has 0 saturated heterocycles. The Balaban J connectivity index is 1.35. The second-order valence-corrected chi connectivity index (χ2v) is 6.27. The van der Waals surface area contributed by atoms with E-state index in [9.17, 15) is 4.39 Å². The van der Waals surface area contributed by atoms with Gasteiger partial charge in [-0.1, -0.05) is 17.3 Å². The summed E-state index contributed by atoms with van der Waals surface area (Å²) in [4.78, 5) is 8.35. The van der Waals surface area contributed by atoms with E-state index in [-0.39, 0.29) is 11.9 Å². The predicted octanol–water partition coefficient (Wildman–Crippen LogP) is 3.02. The fraction of sp³-hybridized carbons (Fsp3) is 0.150. The minimum absolute atomic E-state index is 0.0885.